The zero-order chi connectivity index (χ0) is 37.0. The highest BCUT2D eigenvalue weighted by Gasteiger charge is 2.36. The van der Waals surface area contributed by atoms with Crippen LogP contribution in [-0.4, -0.2) is 14.1 Å². The summed E-state index contributed by atoms with van der Waals surface area (Å²) in [4.78, 5) is 35.1. The summed E-state index contributed by atoms with van der Waals surface area (Å²) in [5.41, 5.74) is 8.25. The third-order valence-corrected chi connectivity index (χ3v) is 11.8. The van der Waals surface area contributed by atoms with Gasteiger partial charge in [-0.05, 0) is 104 Å². The maximum absolute atomic E-state index is 15.2. The molecule has 0 saturated heterocycles. The maximum atomic E-state index is 15.2. The molecule has 0 radical (unpaired) electrons. The van der Waals surface area contributed by atoms with Crippen molar-refractivity contribution in [3.63, 3.8) is 0 Å². The van der Waals surface area contributed by atoms with E-state index >= 15 is 9.59 Å². The van der Waals surface area contributed by atoms with Crippen LogP contribution in [-0.2, 0) is 5.41 Å². The maximum Gasteiger partial charge on any atom is 0.267 e. The van der Waals surface area contributed by atoms with Crippen molar-refractivity contribution in [1.82, 2.24) is 14.1 Å². The number of para-hydroxylation sites is 2. The monoisotopic (exact) mass is 707 g/mol. The number of nitrogens with zero attached hydrogens (tertiary/aromatic N) is 3. The van der Waals surface area contributed by atoms with Crippen LogP contribution >= 0.6 is 0 Å². The van der Waals surface area contributed by atoms with Gasteiger partial charge in [0, 0.05) is 39.0 Å². The molecule has 11 rings (SSSR count). The van der Waals surface area contributed by atoms with Crippen LogP contribution < -0.4 is 11.1 Å². The Hall–Kier alpha value is -7.11. The Balaban J connectivity index is 1.27. The van der Waals surface area contributed by atoms with Crippen LogP contribution in [0.5, 0.6) is 0 Å². The molecule has 0 bridgehead atoms. The third-order valence-electron chi connectivity index (χ3n) is 11.8. The van der Waals surface area contributed by atoms with E-state index in [1.54, 1.807) is 12.3 Å². The fraction of sp³-hybridized carbons (Fsp3) is 0.0600. The minimum atomic E-state index is -0.409. The van der Waals surface area contributed by atoms with E-state index in [0.29, 0.717) is 10.8 Å². The lowest BCUT2D eigenvalue weighted by molar-refractivity contribution is 0.661. The van der Waals surface area contributed by atoms with Gasteiger partial charge in [0.2, 0.25) is 0 Å². The van der Waals surface area contributed by atoms with E-state index in [1.165, 1.54) is 10.1 Å². The first-order valence-corrected chi connectivity index (χ1v) is 18.6. The molecular formula is C50H33N3O2. The van der Waals surface area contributed by atoms with Crippen molar-refractivity contribution in [3.8, 4) is 33.8 Å². The Morgan fingerprint density at radius 2 is 1.13 bits per heavy atom. The fourth-order valence-corrected chi connectivity index (χ4v) is 9.11. The van der Waals surface area contributed by atoms with Gasteiger partial charge in [-0.15, -0.1) is 0 Å². The molecule has 5 heteroatoms. The topological polar surface area (TPSA) is 56.9 Å². The van der Waals surface area contributed by atoms with Crippen LogP contribution in [0.3, 0.4) is 0 Å². The highest BCUT2D eigenvalue weighted by atomic mass is 16.2. The standard InChI is InChI=1S/C50H33N3O2/c1-50(2)43-21-10-8-18-35(43)39-26-41-38(27-44(39)50)37-25-40-36-19-9-11-22-45(36)52(32-15-4-3-5-16-32)46(40)28-42(37)49(55)53(48(41)54)47-24-23-31(29-51-47)34-20-12-14-30-13-6-7-17-33(30)34/h3-29H,1-2H3. The van der Waals surface area contributed by atoms with Gasteiger partial charge in [-0.1, -0.05) is 117 Å². The molecule has 0 atom stereocenters. The van der Waals surface area contributed by atoms with Crippen LogP contribution in [0.15, 0.2) is 174 Å². The van der Waals surface area contributed by atoms with Crippen molar-refractivity contribution in [3.05, 3.63) is 196 Å². The Kier molecular flexibility index (Phi) is 6.54. The minimum Gasteiger partial charge on any atom is -0.309 e. The second kappa shape index (κ2) is 11.4. The zero-order valence-corrected chi connectivity index (χ0v) is 30.2. The molecule has 0 saturated carbocycles. The molecule has 0 unspecified atom stereocenters. The van der Waals surface area contributed by atoms with Gasteiger partial charge in [-0.3, -0.25) is 9.59 Å². The predicted molar refractivity (Wildman–Crippen MR) is 226 cm³/mol. The van der Waals surface area contributed by atoms with E-state index in [-0.39, 0.29) is 11.2 Å². The number of hydrogen-bond acceptors (Lipinski definition) is 3. The average Bonchev–Trinajstić information content (AvgIpc) is 3.64. The summed E-state index contributed by atoms with van der Waals surface area (Å²) in [6.07, 6.45) is 1.77. The van der Waals surface area contributed by atoms with Gasteiger partial charge in [0.05, 0.1) is 16.4 Å². The summed E-state index contributed by atoms with van der Waals surface area (Å²) < 4.78 is 3.48. The Bertz CT molecular complexity index is 3370. The van der Waals surface area contributed by atoms with Gasteiger partial charge >= 0.3 is 0 Å². The lowest BCUT2D eigenvalue weighted by Gasteiger charge is -2.21. The van der Waals surface area contributed by atoms with E-state index in [1.807, 2.05) is 72.8 Å². The molecule has 3 heterocycles. The molecule has 1 aliphatic rings. The average molecular weight is 708 g/mol. The van der Waals surface area contributed by atoms with Gasteiger partial charge in [0.25, 0.3) is 11.1 Å². The normalized spacial score (nSPS) is 13.2. The first-order chi connectivity index (χ1) is 26.9. The van der Waals surface area contributed by atoms with Crippen LogP contribution in [0.1, 0.15) is 25.0 Å². The van der Waals surface area contributed by atoms with E-state index in [4.69, 9.17) is 4.98 Å². The van der Waals surface area contributed by atoms with Gasteiger partial charge < -0.3 is 4.57 Å². The van der Waals surface area contributed by atoms with Crippen LogP contribution in [0, 0.1) is 0 Å². The highest BCUT2D eigenvalue weighted by molar-refractivity contribution is 6.18. The number of benzene rings is 7. The Morgan fingerprint density at radius 3 is 1.95 bits per heavy atom. The van der Waals surface area contributed by atoms with Crippen molar-refractivity contribution >= 4 is 54.1 Å². The SMILES string of the molecule is CC1(C)c2ccccc2-c2cc3c(=O)n(-c4ccc(-c5cccc6ccccc56)cn4)c(=O)c4cc5c(cc4c3cc21)c1ccccc1n5-c1ccccc1. The van der Waals surface area contributed by atoms with E-state index < -0.39 is 11.1 Å². The lowest BCUT2D eigenvalue weighted by atomic mass is 9.82. The summed E-state index contributed by atoms with van der Waals surface area (Å²) >= 11 is 0. The van der Waals surface area contributed by atoms with Crippen molar-refractivity contribution < 1.29 is 0 Å². The molecule has 10 aromatic rings. The van der Waals surface area contributed by atoms with Gasteiger partial charge in [0.1, 0.15) is 5.82 Å². The van der Waals surface area contributed by atoms with Crippen molar-refractivity contribution in [2.75, 3.05) is 0 Å². The first kappa shape index (κ1) is 31.4. The van der Waals surface area contributed by atoms with Crippen LogP contribution in [0.4, 0.5) is 0 Å². The van der Waals surface area contributed by atoms with Crippen molar-refractivity contribution in [2.45, 2.75) is 19.3 Å². The molecule has 0 spiro atoms. The molecule has 5 nitrogen and oxygen atoms in total. The second-order valence-electron chi connectivity index (χ2n) is 15.1. The number of pyridine rings is 1. The van der Waals surface area contributed by atoms with Crippen LogP contribution in [0.25, 0.3) is 87.9 Å². The highest BCUT2D eigenvalue weighted by Crippen LogP contribution is 2.50. The lowest BCUT2D eigenvalue weighted by Crippen LogP contribution is -2.29. The second-order valence-corrected chi connectivity index (χ2v) is 15.1. The largest absolute Gasteiger partial charge is 0.309 e. The number of aromatic nitrogens is 3. The molecule has 7 aromatic carbocycles. The molecular weight excluding hydrogens is 675 g/mol. The smallest absolute Gasteiger partial charge is 0.267 e. The predicted octanol–water partition coefficient (Wildman–Crippen LogP) is 11.1. The van der Waals surface area contributed by atoms with E-state index in [9.17, 15) is 0 Å². The van der Waals surface area contributed by atoms with Crippen molar-refractivity contribution in [2.24, 2.45) is 0 Å². The first-order valence-electron chi connectivity index (χ1n) is 18.6. The minimum absolute atomic E-state index is 0.280. The number of hydrogen-bond donors (Lipinski definition) is 0. The summed E-state index contributed by atoms with van der Waals surface area (Å²) in [6, 6.07) is 53.4. The van der Waals surface area contributed by atoms with E-state index in [0.717, 1.165) is 76.9 Å². The van der Waals surface area contributed by atoms with Gasteiger partial charge in [0.15, 0.2) is 0 Å². The fourth-order valence-electron chi connectivity index (χ4n) is 9.11. The molecule has 0 fully saturated rings. The van der Waals surface area contributed by atoms with Crippen molar-refractivity contribution in [1.29, 1.82) is 0 Å². The molecule has 0 N–H and O–H groups in total. The number of fused-ring (bicyclic) bond motifs is 10. The molecule has 0 amide bonds. The molecule has 3 aromatic heterocycles. The van der Waals surface area contributed by atoms with E-state index in [2.05, 4.69) is 97.3 Å². The van der Waals surface area contributed by atoms with Crippen LogP contribution in [0.2, 0.25) is 0 Å². The summed E-state index contributed by atoms with van der Waals surface area (Å²) in [5.74, 6) is 0.280. The molecule has 1 aliphatic carbocycles. The molecule has 55 heavy (non-hydrogen) atoms. The molecule has 0 aliphatic heterocycles. The number of rotatable bonds is 3. The Labute approximate surface area is 316 Å². The third kappa shape index (κ3) is 4.44. The van der Waals surface area contributed by atoms with Gasteiger partial charge in [-0.25, -0.2) is 9.55 Å². The summed E-state index contributed by atoms with van der Waals surface area (Å²) in [6.45, 7) is 4.47. The summed E-state index contributed by atoms with van der Waals surface area (Å²) in [7, 11) is 0. The Morgan fingerprint density at radius 1 is 0.455 bits per heavy atom. The summed E-state index contributed by atoms with van der Waals surface area (Å²) in [5, 5.41) is 6.74. The zero-order valence-electron chi connectivity index (χ0n) is 30.2. The van der Waals surface area contributed by atoms with Gasteiger partial charge in [-0.2, -0.15) is 0 Å². The molecule has 260 valence electrons. The quantitative estimate of drug-likeness (QED) is 0.184.